The standard InChI is InChI=1S/C30H25Cl2N3O4/c1-37-30(36)26-12-20-6-5-19(11-21(20)13-34-26)17-7-9-22(10-8-17)38-16-23-28(27-24(31)14-33-15-25(27)32)35-39-29(23)18-3-2-4-18/h5-15,18,23,29H,2-4,16H2,1H3. The van der Waals surface area contributed by atoms with E-state index in [4.69, 9.17) is 37.5 Å². The zero-order valence-electron chi connectivity index (χ0n) is 21.1. The molecule has 6 rings (SSSR count). The van der Waals surface area contributed by atoms with Crippen LogP contribution in [0.2, 0.25) is 10.0 Å². The number of benzene rings is 2. The van der Waals surface area contributed by atoms with Crippen molar-refractivity contribution < 1.29 is 19.1 Å². The maximum atomic E-state index is 11.8. The third-order valence-electron chi connectivity index (χ3n) is 7.48. The molecular weight excluding hydrogens is 537 g/mol. The van der Waals surface area contributed by atoms with E-state index in [2.05, 4.69) is 15.1 Å². The smallest absolute Gasteiger partial charge is 0.356 e. The van der Waals surface area contributed by atoms with Gasteiger partial charge in [-0.3, -0.25) is 4.98 Å². The Morgan fingerprint density at radius 3 is 2.41 bits per heavy atom. The highest BCUT2D eigenvalue weighted by molar-refractivity contribution is 6.40. The number of esters is 1. The molecule has 0 N–H and O–H groups in total. The number of ether oxygens (including phenoxy) is 2. The Morgan fingerprint density at radius 1 is 0.974 bits per heavy atom. The van der Waals surface area contributed by atoms with Crippen molar-refractivity contribution in [3.8, 4) is 16.9 Å². The summed E-state index contributed by atoms with van der Waals surface area (Å²) in [5.41, 5.74) is 3.72. The monoisotopic (exact) mass is 561 g/mol. The molecule has 1 aliphatic carbocycles. The number of methoxy groups -OCH3 is 1. The van der Waals surface area contributed by atoms with Gasteiger partial charge in [-0.1, -0.05) is 59.0 Å². The normalized spacial score (nSPS) is 18.8. The maximum Gasteiger partial charge on any atom is 0.356 e. The van der Waals surface area contributed by atoms with Crippen LogP contribution < -0.4 is 4.74 Å². The lowest BCUT2D eigenvalue weighted by Gasteiger charge is -2.33. The van der Waals surface area contributed by atoms with Gasteiger partial charge in [0.25, 0.3) is 0 Å². The van der Waals surface area contributed by atoms with E-state index in [1.165, 1.54) is 13.5 Å². The quantitative estimate of drug-likeness (QED) is 0.226. The summed E-state index contributed by atoms with van der Waals surface area (Å²) < 4.78 is 11.0. The maximum absolute atomic E-state index is 11.8. The predicted octanol–water partition coefficient (Wildman–Crippen LogP) is 6.99. The van der Waals surface area contributed by atoms with Crippen LogP contribution in [0.1, 0.15) is 35.3 Å². The van der Waals surface area contributed by atoms with Gasteiger partial charge in [-0.25, -0.2) is 9.78 Å². The third-order valence-corrected chi connectivity index (χ3v) is 8.05. The molecule has 0 spiro atoms. The first kappa shape index (κ1) is 25.6. The predicted molar refractivity (Wildman–Crippen MR) is 151 cm³/mol. The van der Waals surface area contributed by atoms with Crippen molar-refractivity contribution in [2.45, 2.75) is 25.4 Å². The largest absolute Gasteiger partial charge is 0.493 e. The lowest BCUT2D eigenvalue weighted by Crippen LogP contribution is -2.38. The molecule has 0 amide bonds. The van der Waals surface area contributed by atoms with Gasteiger partial charge in [-0.2, -0.15) is 0 Å². The van der Waals surface area contributed by atoms with Crippen LogP contribution in [0.3, 0.4) is 0 Å². The van der Waals surface area contributed by atoms with Crippen LogP contribution in [0, 0.1) is 11.8 Å². The van der Waals surface area contributed by atoms with Gasteiger partial charge in [-0.15, -0.1) is 0 Å². The Labute approximate surface area is 235 Å². The minimum atomic E-state index is -0.454. The summed E-state index contributed by atoms with van der Waals surface area (Å²) in [5, 5.41) is 7.15. The Morgan fingerprint density at radius 2 is 1.72 bits per heavy atom. The van der Waals surface area contributed by atoms with E-state index >= 15 is 0 Å². The second-order valence-corrected chi connectivity index (χ2v) is 10.6. The Kier molecular flexibility index (Phi) is 7.11. The van der Waals surface area contributed by atoms with Crippen LogP contribution in [-0.4, -0.2) is 41.5 Å². The van der Waals surface area contributed by atoms with Crippen LogP contribution in [0.25, 0.3) is 21.9 Å². The summed E-state index contributed by atoms with van der Waals surface area (Å²) in [7, 11) is 1.34. The van der Waals surface area contributed by atoms with Gasteiger partial charge in [0, 0.05) is 29.5 Å². The number of nitrogens with zero attached hydrogens (tertiary/aromatic N) is 3. The summed E-state index contributed by atoms with van der Waals surface area (Å²) in [5.74, 6) is 0.627. The Hall–Kier alpha value is -3.68. The molecule has 1 saturated carbocycles. The molecule has 0 saturated heterocycles. The molecule has 2 aliphatic rings. The fourth-order valence-corrected chi connectivity index (χ4v) is 5.68. The zero-order chi connectivity index (χ0) is 26.9. The summed E-state index contributed by atoms with van der Waals surface area (Å²) in [6.45, 7) is 0.387. The summed E-state index contributed by atoms with van der Waals surface area (Å²) in [6, 6.07) is 15.7. The molecule has 39 heavy (non-hydrogen) atoms. The molecule has 2 unspecified atom stereocenters. The number of aromatic nitrogens is 2. The van der Waals surface area contributed by atoms with Crippen molar-refractivity contribution in [1.82, 2.24) is 9.97 Å². The average Bonchev–Trinajstić information content (AvgIpc) is 3.32. The molecular formula is C30H25Cl2N3O4. The number of hydrogen-bond acceptors (Lipinski definition) is 7. The van der Waals surface area contributed by atoms with Gasteiger partial charge in [0.15, 0.2) is 0 Å². The molecule has 0 radical (unpaired) electrons. The van der Waals surface area contributed by atoms with Crippen LogP contribution in [0.15, 0.2) is 72.3 Å². The van der Waals surface area contributed by atoms with Crippen molar-refractivity contribution in [2.75, 3.05) is 13.7 Å². The Balaban J connectivity index is 1.19. The van der Waals surface area contributed by atoms with Gasteiger partial charge >= 0.3 is 5.97 Å². The fourth-order valence-electron chi connectivity index (χ4n) is 5.13. The molecule has 2 atom stereocenters. The minimum absolute atomic E-state index is 0.0702. The van der Waals surface area contributed by atoms with E-state index < -0.39 is 5.97 Å². The molecule has 2 aromatic heterocycles. The first-order valence-electron chi connectivity index (χ1n) is 12.8. The molecule has 2 aromatic carbocycles. The highest BCUT2D eigenvalue weighted by Gasteiger charge is 2.43. The van der Waals surface area contributed by atoms with E-state index in [-0.39, 0.29) is 17.7 Å². The SMILES string of the molecule is COC(=O)c1cc2ccc(-c3ccc(OCC4C(c5c(Cl)cncc5Cl)=NOC4C4CCC4)cc3)cc2cn1. The summed E-state index contributed by atoms with van der Waals surface area (Å²) in [6.07, 6.45) is 8.18. The molecule has 0 bridgehead atoms. The molecule has 3 heterocycles. The topological polar surface area (TPSA) is 82.9 Å². The molecule has 1 aliphatic heterocycles. The number of fused-ring (bicyclic) bond motifs is 1. The number of hydrogen-bond donors (Lipinski definition) is 0. The van der Waals surface area contributed by atoms with Gasteiger partial charge in [0.05, 0.1) is 23.1 Å². The second kappa shape index (κ2) is 10.8. The molecule has 1 fully saturated rings. The Bertz CT molecular complexity index is 1550. The number of pyridine rings is 2. The van der Waals surface area contributed by atoms with E-state index in [1.807, 2.05) is 42.5 Å². The minimum Gasteiger partial charge on any atom is -0.493 e. The third kappa shape index (κ3) is 5.04. The molecule has 7 nitrogen and oxygen atoms in total. The average molecular weight is 562 g/mol. The molecule has 4 aromatic rings. The van der Waals surface area contributed by atoms with Crippen LogP contribution >= 0.6 is 23.2 Å². The van der Waals surface area contributed by atoms with E-state index in [9.17, 15) is 4.79 Å². The molecule has 9 heteroatoms. The first-order valence-corrected chi connectivity index (χ1v) is 13.5. The van der Waals surface area contributed by atoms with Crippen molar-refractivity contribution in [1.29, 1.82) is 0 Å². The zero-order valence-corrected chi connectivity index (χ0v) is 22.7. The van der Waals surface area contributed by atoms with E-state index in [0.29, 0.717) is 33.8 Å². The van der Waals surface area contributed by atoms with Crippen molar-refractivity contribution in [3.63, 3.8) is 0 Å². The fraction of sp³-hybridized carbons (Fsp3) is 0.267. The van der Waals surface area contributed by atoms with E-state index in [1.54, 1.807) is 24.7 Å². The van der Waals surface area contributed by atoms with Crippen molar-refractivity contribution >= 4 is 45.7 Å². The molecule has 198 valence electrons. The number of halogens is 2. The van der Waals surface area contributed by atoms with Crippen LogP contribution in [-0.2, 0) is 9.57 Å². The number of carbonyl (C=O) groups is 1. The van der Waals surface area contributed by atoms with E-state index in [0.717, 1.165) is 40.5 Å². The first-order chi connectivity index (χ1) is 19.0. The van der Waals surface area contributed by atoms with Crippen LogP contribution in [0.5, 0.6) is 5.75 Å². The van der Waals surface area contributed by atoms with Crippen molar-refractivity contribution in [2.24, 2.45) is 17.0 Å². The number of carbonyl (C=O) groups excluding carboxylic acids is 1. The van der Waals surface area contributed by atoms with Gasteiger partial charge in [-0.05, 0) is 59.5 Å². The lowest BCUT2D eigenvalue weighted by molar-refractivity contribution is -0.0186. The van der Waals surface area contributed by atoms with Crippen molar-refractivity contribution in [3.05, 3.63) is 88.4 Å². The van der Waals surface area contributed by atoms with Crippen LogP contribution in [0.4, 0.5) is 0 Å². The van der Waals surface area contributed by atoms with Gasteiger partial charge in [0.2, 0.25) is 0 Å². The summed E-state index contributed by atoms with van der Waals surface area (Å²) in [4.78, 5) is 26.0. The van der Waals surface area contributed by atoms with Gasteiger partial charge in [0.1, 0.15) is 29.9 Å². The highest BCUT2D eigenvalue weighted by Crippen LogP contribution is 2.41. The van der Waals surface area contributed by atoms with Gasteiger partial charge < -0.3 is 14.3 Å². The number of oxime groups is 1. The number of rotatable bonds is 7. The lowest BCUT2D eigenvalue weighted by atomic mass is 9.75. The summed E-state index contributed by atoms with van der Waals surface area (Å²) >= 11 is 12.9. The second-order valence-electron chi connectivity index (χ2n) is 9.78. The highest BCUT2D eigenvalue weighted by atomic mass is 35.5.